The first-order valence-corrected chi connectivity index (χ1v) is 5.25. The van der Waals surface area contributed by atoms with E-state index in [9.17, 15) is 4.79 Å². The van der Waals surface area contributed by atoms with Gasteiger partial charge in [-0.2, -0.15) is 0 Å². The number of ketones is 1. The lowest BCUT2D eigenvalue weighted by Crippen LogP contribution is -1.93. The van der Waals surface area contributed by atoms with Crippen LogP contribution in [0.1, 0.15) is 15.2 Å². The maximum atomic E-state index is 11.6. The van der Waals surface area contributed by atoms with E-state index in [1.807, 2.05) is 0 Å². The number of hydrogen-bond acceptors (Lipinski definition) is 4. The second kappa shape index (κ2) is 4.61. The maximum Gasteiger partial charge on any atom is 0.185 e. The van der Waals surface area contributed by atoms with Crippen LogP contribution in [-0.4, -0.2) is 15.8 Å². The summed E-state index contributed by atoms with van der Waals surface area (Å²) >= 11 is 1.50. The number of carbonyl (C=O) groups excluding carboxylic acids is 1. The SMILES string of the molecule is O=C(C=Cc1cncs1)c1ccncc1. The highest BCUT2D eigenvalue weighted by Crippen LogP contribution is 2.08. The van der Waals surface area contributed by atoms with Gasteiger partial charge in [0, 0.05) is 29.0 Å². The Bertz CT molecular complexity index is 463. The standard InChI is InChI=1S/C11H8N2OS/c14-11(9-3-5-12-6-4-9)2-1-10-7-13-8-15-10/h1-8H. The Morgan fingerprint density at radius 3 is 2.73 bits per heavy atom. The molecule has 15 heavy (non-hydrogen) atoms. The van der Waals surface area contributed by atoms with Crippen LogP contribution in [0.25, 0.3) is 6.08 Å². The van der Waals surface area contributed by atoms with Crippen molar-refractivity contribution in [1.29, 1.82) is 0 Å². The zero-order valence-electron chi connectivity index (χ0n) is 7.83. The zero-order chi connectivity index (χ0) is 10.5. The summed E-state index contributed by atoms with van der Waals surface area (Å²) in [5.74, 6) is -0.0224. The molecule has 0 fully saturated rings. The molecule has 0 bridgehead atoms. The van der Waals surface area contributed by atoms with Crippen LogP contribution in [0.4, 0.5) is 0 Å². The van der Waals surface area contributed by atoms with Gasteiger partial charge < -0.3 is 0 Å². The van der Waals surface area contributed by atoms with Crippen LogP contribution < -0.4 is 0 Å². The fourth-order valence-electron chi connectivity index (χ4n) is 1.08. The predicted molar refractivity (Wildman–Crippen MR) is 59.7 cm³/mol. The zero-order valence-corrected chi connectivity index (χ0v) is 8.65. The van der Waals surface area contributed by atoms with Gasteiger partial charge >= 0.3 is 0 Å². The molecular weight excluding hydrogens is 208 g/mol. The molecule has 2 heterocycles. The van der Waals surface area contributed by atoms with Gasteiger partial charge in [-0.15, -0.1) is 11.3 Å². The van der Waals surface area contributed by atoms with Crippen LogP contribution in [0.3, 0.4) is 0 Å². The summed E-state index contributed by atoms with van der Waals surface area (Å²) in [6.45, 7) is 0. The van der Waals surface area contributed by atoms with Gasteiger partial charge in [0.15, 0.2) is 5.78 Å². The monoisotopic (exact) mass is 216 g/mol. The minimum atomic E-state index is -0.0224. The summed E-state index contributed by atoms with van der Waals surface area (Å²) in [4.78, 5) is 20.4. The number of rotatable bonds is 3. The number of thiazole rings is 1. The Hall–Kier alpha value is -1.81. The van der Waals surface area contributed by atoms with Crippen molar-refractivity contribution >= 4 is 23.2 Å². The van der Waals surface area contributed by atoms with Gasteiger partial charge in [0.25, 0.3) is 0 Å². The topological polar surface area (TPSA) is 42.9 Å². The van der Waals surface area contributed by atoms with E-state index in [4.69, 9.17) is 0 Å². The molecule has 0 aliphatic heterocycles. The second-order valence-electron chi connectivity index (χ2n) is 2.84. The van der Waals surface area contributed by atoms with E-state index < -0.39 is 0 Å². The molecule has 2 aromatic heterocycles. The van der Waals surface area contributed by atoms with Crippen molar-refractivity contribution in [3.63, 3.8) is 0 Å². The molecule has 0 aliphatic rings. The van der Waals surface area contributed by atoms with Gasteiger partial charge in [0.2, 0.25) is 0 Å². The maximum absolute atomic E-state index is 11.6. The van der Waals surface area contributed by atoms with Crippen LogP contribution in [0.5, 0.6) is 0 Å². The molecule has 3 nitrogen and oxygen atoms in total. The fraction of sp³-hybridized carbons (Fsp3) is 0. The van der Waals surface area contributed by atoms with Crippen molar-refractivity contribution in [2.45, 2.75) is 0 Å². The van der Waals surface area contributed by atoms with E-state index in [0.717, 1.165) is 4.88 Å². The highest BCUT2D eigenvalue weighted by atomic mass is 32.1. The molecule has 0 amide bonds. The quantitative estimate of drug-likeness (QED) is 0.584. The molecule has 74 valence electrons. The number of pyridine rings is 1. The minimum absolute atomic E-state index is 0.0224. The van der Waals surface area contributed by atoms with E-state index in [0.29, 0.717) is 5.56 Å². The van der Waals surface area contributed by atoms with E-state index in [1.165, 1.54) is 11.3 Å². The van der Waals surface area contributed by atoms with Gasteiger partial charge in [-0.3, -0.25) is 14.8 Å². The van der Waals surface area contributed by atoms with Crippen molar-refractivity contribution in [2.24, 2.45) is 0 Å². The molecule has 0 aliphatic carbocycles. The van der Waals surface area contributed by atoms with Gasteiger partial charge in [0.05, 0.1) is 5.51 Å². The van der Waals surface area contributed by atoms with Crippen molar-refractivity contribution in [2.75, 3.05) is 0 Å². The smallest absolute Gasteiger partial charge is 0.185 e. The first-order chi connectivity index (χ1) is 7.36. The lowest BCUT2D eigenvalue weighted by molar-refractivity contribution is 0.104. The number of allylic oxidation sites excluding steroid dienone is 1. The summed E-state index contributed by atoms with van der Waals surface area (Å²) in [7, 11) is 0. The molecule has 0 spiro atoms. The summed E-state index contributed by atoms with van der Waals surface area (Å²) < 4.78 is 0. The molecule has 0 atom stereocenters. The Morgan fingerprint density at radius 2 is 2.07 bits per heavy atom. The number of carbonyl (C=O) groups is 1. The van der Waals surface area contributed by atoms with Crippen LogP contribution in [0.15, 0.2) is 42.3 Å². The van der Waals surface area contributed by atoms with Crippen molar-refractivity contribution in [3.8, 4) is 0 Å². The average Bonchev–Trinajstić information content (AvgIpc) is 2.80. The first-order valence-electron chi connectivity index (χ1n) is 4.37. The summed E-state index contributed by atoms with van der Waals surface area (Å²) in [5, 5.41) is 0. The van der Waals surface area contributed by atoms with Crippen LogP contribution in [-0.2, 0) is 0 Å². The molecule has 4 heteroatoms. The van der Waals surface area contributed by atoms with Crippen LogP contribution in [0.2, 0.25) is 0 Å². The Balaban J connectivity index is 2.11. The second-order valence-corrected chi connectivity index (χ2v) is 3.76. The van der Waals surface area contributed by atoms with E-state index in [-0.39, 0.29) is 5.78 Å². The number of aromatic nitrogens is 2. The molecule has 0 radical (unpaired) electrons. The molecule has 0 N–H and O–H groups in total. The normalized spacial score (nSPS) is 10.7. The van der Waals surface area contributed by atoms with Crippen LogP contribution >= 0.6 is 11.3 Å². The van der Waals surface area contributed by atoms with Crippen LogP contribution in [0, 0.1) is 0 Å². The summed E-state index contributed by atoms with van der Waals surface area (Å²) in [6, 6.07) is 3.39. The third-order valence-electron chi connectivity index (χ3n) is 1.82. The molecule has 0 aromatic carbocycles. The van der Waals surface area contributed by atoms with E-state index >= 15 is 0 Å². The Labute approximate surface area is 91.1 Å². The molecular formula is C11H8N2OS. The van der Waals surface area contributed by atoms with E-state index in [1.54, 1.807) is 48.4 Å². The third-order valence-corrected chi connectivity index (χ3v) is 2.56. The lowest BCUT2D eigenvalue weighted by Gasteiger charge is -1.92. The Morgan fingerprint density at radius 1 is 1.27 bits per heavy atom. The summed E-state index contributed by atoms with van der Waals surface area (Å²) in [6.07, 6.45) is 8.24. The van der Waals surface area contributed by atoms with Gasteiger partial charge in [-0.05, 0) is 24.3 Å². The highest BCUT2D eigenvalue weighted by Gasteiger charge is 1.99. The molecule has 0 saturated heterocycles. The van der Waals surface area contributed by atoms with E-state index in [2.05, 4.69) is 9.97 Å². The highest BCUT2D eigenvalue weighted by molar-refractivity contribution is 7.10. The number of nitrogens with zero attached hydrogens (tertiary/aromatic N) is 2. The molecule has 0 unspecified atom stereocenters. The molecule has 2 rings (SSSR count). The average molecular weight is 216 g/mol. The van der Waals surface area contributed by atoms with Crippen molar-refractivity contribution in [1.82, 2.24) is 9.97 Å². The van der Waals surface area contributed by atoms with Gasteiger partial charge in [-0.25, -0.2) is 0 Å². The summed E-state index contributed by atoms with van der Waals surface area (Å²) in [5.41, 5.74) is 2.38. The largest absolute Gasteiger partial charge is 0.289 e. The third kappa shape index (κ3) is 2.57. The molecule has 0 saturated carbocycles. The Kier molecular flexibility index (Phi) is 2.99. The predicted octanol–water partition coefficient (Wildman–Crippen LogP) is 2.43. The molecule has 2 aromatic rings. The van der Waals surface area contributed by atoms with Crippen molar-refractivity contribution in [3.05, 3.63) is 52.8 Å². The lowest BCUT2D eigenvalue weighted by atomic mass is 10.1. The van der Waals surface area contributed by atoms with Gasteiger partial charge in [0.1, 0.15) is 0 Å². The first kappa shape index (κ1) is 9.73. The van der Waals surface area contributed by atoms with Crippen molar-refractivity contribution < 1.29 is 4.79 Å². The fourth-order valence-corrected chi connectivity index (χ4v) is 1.59. The van der Waals surface area contributed by atoms with Gasteiger partial charge in [-0.1, -0.05) is 0 Å². The number of hydrogen-bond donors (Lipinski definition) is 0. The minimum Gasteiger partial charge on any atom is -0.289 e.